The molecule has 2 amide bonds. The number of allylic oxidation sites excluding steroid dienone is 1. The van der Waals surface area contributed by atoms with Crippen molar-refractivity contribution in [1.29, 1.82) is 0 Å². The topological polar surface area (TPSA) is 66.8 Å². The van der Waals surface area contributed by atoms with Crippen LogP contribution in [-0.2, 0) is 16.0 Å². The summed E-state index contributed by atoms with van der Waals surface area (Å²) in [6, 6.07) is 9.26. The summed E-state index contributed by atoms with van der Waals surface area (Å²) in [7, 11) is 0. The number of nitrogens with zero attached hydrogens (tertiary/aromatic N) is 1. The number of amides is 2. The van der Waals surface area contributed by atoms with E-state index in [2.05, 4.69) is 0 Å². The quantitative estimate of drug-likeness (QED) is 0.860. The fourth-order valence-electron chi connectivity index (χ4n) is 2.43. The van der Waals surface area contributed by atoms with E-state index in [4.69, 9.17) is 4.74 Å². The van der Waals surface area contributed by atoms with Gasteiger partial charge in [-0.2, -0.15) is 0 Å². The highest BCUT2D eigenvalue weighted by molar-refractivity contribution is 6.04. The Morgan fingerprint density at radius 3 is 2.71 bits per heavy atom. The van der Waals surface area contributed by atoms with E-state index in [0.29, 0.717) is 6.42 Å². The summed E-state index contributed by atoms with van der Waals surface area (Å²) < 4.78 is 5.00. The molecule has 1 N–H and O–H groups in total. The Hall–Kier alpha value is -2.14. The zero-order chi connectivity index (χ0) is 15.4. The lowest BCUT2D eigenvalue weighted by molar-refractivity contribution is -0.126. The molecular weight excluding hydrogens is 270 g/mol. The molecule has 2 rings (SSSR count). The van der Waals surface area contributed by atoms with Crippen LogP contribution >= 0.6 is 0 Å². The molecular formula is C16H19NO4. The third-order valence-corrected chi connectivity index (χ3v) is 3.50. The molecule has 0 radical (unpaired) electrons. The number of carbonyl (C=O) groups is 2. The molecule has 1 aromatic rings. The predicted molar refractivity (Wildman–Crippen MR) is 77.6 cm³/mol. The SMILES string of the molecule is C/C=C(/C(=O)N1C(=O)OC[C@H]1Cc1ccccc1)[C@H](C)O. The van der Waals surface area contributed by atoms with Crippen molar-refractivity contribution in [1.82, 2.24) is 4.90 Å². The molecule has 1 saturated heterocycles. The van der Waals surface area contributed by atoms with Gasteiger partial charge in [-0.25, -0.2) is 9.69 Å². The molecule has 0 saturated carbocycles. The molecule has 1 aromatic carbocycles. The second-order valence-corrected chi connectivity index (χ2v) is 5.02. The first kappa shape index (κ1) is 15.3. The van der Waals surface area contributed by atoms with E-state index in [1.165, 1.54) is 13.0 Å². The van der Waals surface area contributed by atoms with Gasteiger partial charge in [0.25, 0.3) is 5.91 Å². The summed E-state index contributed by atoms with van der Waals surface area (Å²) in [5.41, 5.74) is 1.23. The fourth-order valence-corrected chi connectivity index (χ4v) is 2.43. The Morgan fingerprint density at radius 2 is 2.14 bits per heavy atom. The summed E-state index contributed by atoms with van der Waals surface area (Å²) in [4.78, 5) is 25.4. The maximum absolute atomic E-state index is 12.4. The molecule has 1 aliphatic rings. The molecule has 1 fully saturated rings. The van der Waals surface area contributed by atoms with Crippen molar-refractivity contribution in [3.05, 3.63) is 47.5 Å². The van der Waals surface area contributed by atoms with E-state index in [0.717, 1.165) is 10.5 Å². The van der Waals surface area contributed by atoms with Crippen LogP contribution in [0.5, 0.6) is 0 Å². The fraction of sp³-hybridized carbons (Fsp3) is 0.375. The van der Waals surface area contributed by atoms with Gasteiger partial charge in [0.1, 0.15) is 6.61 Å². The Bertz CT molecular complexity index is 551. The minimum atomic E-state index is -0.923. The zero-order valence-corrected chi connectivity index (χ0v) is 12.2. The number of rotatable bonds is 4. The lowest BCUT2D eigenvalue weighted by atomic mass is 10.0. The largest absolute Gasteiger partial charge is 0.447 e. The monoisotopic (exact) mass is 289 g/mol. The Morgan fingerprint density at radius 1 is 1.48 bits per heavy atom. The standard InChI is InChI=1S/C16H19NO4/c1-3-14(11(2)18)15(19)17-13(10-21-16(17)20)9-12-7-5-4-6-8-12/h3-8,11,13,18H,9-10H2,1-2H3/b14-3+/t11-,13+/m0/s1. The number of benzene rings is 1. The van der Waals surface area contributed by atoms with Gasteiger partial charge < -0.3 is 9.84 Å². The number of imide groups is 1. The van der Waals surface area contributed by atoms with E-state index < -0.39 is 18.1 Å². The summed E-state index contributed by atoms with van der Waals surface area (Å²) in [5, 5.41) is 9.64. The second-order valence-electron chi connectivity index (χ2n) is 5.02. The Labute approximate surface area is 123 Å². The number of aliphatic hydroxyl groups is 1. The van der Waals surface area contributed by atoms with Gasteiger partial charge >= 0.3 is 6.09 Å². The molecule has 5 nitrogen and oxygen atoms in total. The lowest BCUT2D eigenvalue weighted by Crippen LogP contribution is -2.42. The number of hydrogen-bond donors (Lipinski definition) is 1. The van der Waals surface area contributed by atoms with Crippen LogP contribution in [0.25, 0.3) is 0 Å². The molecule has 1 heterocycles. The van der Waals surface area contributed by atoms with E-state index in [-0.39, 0.29) is 18.2 Å². The van der Waals surface area contributed by atoms with Crippen molar-refractivity contribution in [3.8, 4) is 0 Å². The first-order chi connectivity index (χ1) is 10.0. The first-order valence-electron chi connectivity index (χ1n) is 6.93. The maximum Gasteiger partial charge on any atom is 0.417 e. The van der Waals surface area contributed by atoms with E-state index in [1.54, 1.807) is 6.92 Å². The first-order valence-corrected chi connectivity index (χ1v) is 6.93. The van der Waals surface area contributed by atoms with Crippen molar-refractivity contribution in [2.45, 2.75) is 32.4 Å². The zero-order valence-electron chi connectivity index (χ0n) is 12.2. The summed E-state index contributed by atoms with van der Waals surface area (Å²) in [6.07, 6.45) is 0.488. The summed E-state index contributed by atoms with van der Waals surface area (Å²) >= 11 is 0. The van der Waals surface area contributed by atoms with Gasteiger partial charge in [0.05, 0.1) is 12.1 Å². The predicted octanol–water partition coefficient (Wildman–Crippen LogP) is 1.90. The number of carbonyl (C=O) groups excluding carboxylic acids is 2. The molecule has 21 heavy (non-hydrogen) atoms. The maximum atomic E-state index is 12.4. The van der Waals surface area contributed by atoms with Gasteiger partial charge in [-0.05, 0) is 25.8 Å². The van der Waals surface area contributed by atoms with Crippen molar-refractivity contribution >= 4 is 12.0 Å². The number of cyclic esters (lactones) is 1. The molecule has 0 unspecified atom stereocenters. The van der Waals surface area contributed by atoms with Crippen molar-refractivity contribution in [2.75, 3.05) is 6.61 Å². The van der Waals surface area contributed by atoms with Crippen LogP contribution in [0, 0.1) is 0 Å². The number of aliphatic hydroxyl groups excluding tert-OH is 1. The number of ether oxygens (including phenoxy) is 1. The average molecular weight is 289 g/mol. The van der Waals surface area contributed by atoms with Crippen LogP contribution in [-0.4, -0.2) is 40.8 Å². The minimum Gasteiger partial charge on any atom is -0.447 e. The number of hydrogen-bond acceptors (Lipinski definition) is 4. The van der Waals surface area contributed by atoms with Crippen molar-refractivity contribution in [3.63, 3.8) is 0 Å². The van der Waals surface area contributed by atoms with E-state index >= 15 is 0 Å². The average Bonchev–Trinajstić information content (AvgIpc) is 2.81. The highest BCUT2D eigenvalue weighted by Gasteiger charge is 2.39. The van der Waals surface area contributed by atoms with Crippen LogP contribution in [0.2, 0.25) is 0 Å². The van der Waals surface area contributed by atoms with Gasteiger partial charge in [0, 0.05) is 5.57 Å². The molecule has 112 valence electrons. The smallest absolute Gasteiger partial charge is 0.417 e. The van der Waals surface area contributed by atoms with Crippen LogP contribution in [0.4, 0.5) is 4.79 Å². The molecule has 0 spiro atoms. The van der Waals surface area contributed by atoms with Gasteiger partial charge in [-0.15, -0.1) is 0 Å². The van der Waals surface area contributed by atoms with Crippen LogP contribution in [0.15, 0.2) is 42.0 Å². The van der Waals surface area contributed by atoms with E-state index in [9.17, 15) is 14.7 Å². The van der Waals surface area contributed by atoms with Crippen molar-refractivity contribution in [2.24, 2.45) is 0 Å². The van der Waals surface area contributed by atoms with Gasteiger partial charge in [-0.1, -0.05) is 36.4 Å². The molecule has 1 aliphatic heterocycles. The van der Waals surface area contributed by atoms with Gasteiger partial charge in [-0.3, -0.25) is 4.79 Å². The Kier molecular flexibility index (Phi) is 4.75. The highest BCUT2D eigenvalue weighted by Crippen LogP contribution is 2.20. The van der Waals surface area contributed by atoms with Gasteiger partial charge in [0.2, 0.25) is 0 Å². The molecule has 2 atom stereocenters. The lowest BCUT2D eigenvalue weighted by Gasteiger charge is -2.22. The summed E-state index contributed by atoms with van der Waals surface area (Å²) in [5.74, 6) is -0.490. The highest BCUT2D eigenvalue weighted by atomic mass is 16.6. The van der Waals surface area contributed by atoms with Crippen LogP contribution < -0.4 is 0 Å². The van der Waals surface area contributed by atoms with Crippen molar-refractivity contribution < 1.29 is 19.4 Å². The third kappa shape index (κ3) is 3.31. The third-order valence-electron chi connectivity index (χ3n) is 3.50. The molecule has 0 aliphatic carbocycles. The second kappa shape index (κ2) is 6.54. The molecule has 5 heteroatoms. The molecule has 0 bridgehead atoms. The Balaban J connectivity index is 2.19. The van der Waals surface area contributed by atoms with E-state index in [1.807, 2.05) is 30.3 Å². The van der Waals surface area contributed by atoms with Crippen LogP contribution in [0.3, 0.4) is 0 Å². The van der Waals surface area contributed by atoms with Gasteiger partial charge in [0.15, 0.2) is 0 Å². The van der Waals surface area contributed by atoms with Crippen LogP contribution in [0.1, 0.15) is 19.4 Å². The summed E-state index contributed by atoms with van der Waals surface area (Å²) in [6.45, 7) is 3.34. The molecule has 0 aromatic heterocycles. The normalized spacial score (nSPS) is 20.3. The minimum absolute atomic E-state index is 0.177.